The minimum Gasteiger partial charge on any atom is -0.490 e. The van der Waals surface area contributed by atoms with Crippen LogP contribution in [0.3, 0.4) is 0 Å². The van der Waals surface area contributed by atoms with E-state index in [-0.39, 0.29) is 23.0 Å². The first-order valence-electron chi connectivity index (χ1n) is 9.76. The largest absolute Gasteiger partial charge is 0.490 e. The van der Waals surface area contributed by atoms with Crippen LogP contribution in [0.4, 0.5) is 0 Å². The topological polar surface area (TPSA) is 106 Å². The first-order valence-corrected chi connectivity index (χ1v) is 11.3. The average molecular weight is 422 g/mol. The molecule has 0 saturated heterocycles. The standard InChI is InChI=1S/C22H32N2O4S/c1-15-12-18(22(3,4)5)8-11-21(15)28-14-19(25)13-24-16(2)17-6-9-20(10-7-17)29(23,26)27/h6-12,16,19,24-25H,13-14H2,1-5H3,(H2,23,26,27)/p+1/t16-,19+/m0/s1. The zero-order valence-electron chi connectivity index (χ0n) is 17.8. The third kappa shape index (κ3) is 6.82. The quantitative estimate of drug-likeness (QED) is 0.606. The second-order valence-electron chi connectivity index (χ2n) is 8.57. The number of hydrogen-bond acceptors (Lipinski definition) is 4. The number of rotatable bonds is 8. The van der Waals surface area contributed by atoms with Crippen molar-refractivity contribution in [2.24, 2.45) is 5.14 Å². The smallest absolute Gasteiger partial charge is 0.238 e. The number of aliphatic hydroxyl groups excluding tert-OH is 1. The molecule has 0 aliphatic heterocycles. The maximum absolute atomic E-state index is 11.3. The molecule has 6 nitrogen and oxygen atoms in total. The molecule has 0 spiro atoms. The van der Waals surface area contributed by atoms with E-state index < -0.39 is 16.1 Å². The van der Waals surface area contributed by atoms with E-state index in [0.717, 1.165) is 16.9 Å². The lowest BCUT2D eigenvalue weighted by molar-refractivity contribution is -0.698. The van der Waals surface area contributed by atoms with Gasteiger partial charge in [-0.25, -0.2) is 13.6 Å². The Hall–Kier alpha value is -1.93. The highest BCUT2D eigenvalue weighted by Crippen LogP contribution is 2.27. The van der Waals surface area contributed by atoms with Crippen molar-refractivity contribution in [3.63, 3.8) is 0 Å². The molecule has 2 aromatic rings. The van der Waals surface area contributed by atoms with E-state index in [4.69, 9.17) is 9.88 Å². The van der Waals surface area contributed by atoms with Crippen LogP contribution >= 0.6 is 0 Å². The number of benzene rings is 2. The van der Waals surface area contributed by atoms with E-state index in [1.54, 1.807) is 12.1 Å². The Balaban J connectivity index is 1.86. The van der Waals surface area contributed by atoms with Crippen LogP contribution in [0.25, 0.3) is 0 Å². The highest BCUT2D eigenvalue weighted by Gasteiger charge is 2.17. The van der Waals surface area contributed by atoms with E-state index in [1.807, 2.05) is 25.2 Å². The van der Waals surface area contributed by atoms with Crippen molar-refractivity contribution in [3.05, 3.63) is 59.2 Å². The molecule has 2 atom stereocenters. The van der Waals surface area contributed by atoms with Crippen molar-refractivity contribution >= 4 is 10.0 Å². The molecule has 0 saturated carbocycles. The van der Waals surface area contributed by atoms with Gasteiger partial charge >= 0.3 is 0 Å². The summed E-state index contributed by atoms with van der Waals surface area (Å²) in [7, 11) is -3.69. The average Bonchev–Trinajstić information content (AvgIpc) is 2.63. The Labute approximate surface area is 174 Å². The molecular weight excluding hydrogens is 388 g/mol. The first kappa shape index (κ1) is 23.3. The fourth-order valence-corrected chi connectivity index (χ4v) is 3.51. The van der Waals surface area contributed by atoms with E-state index in [2.05, 4.69) is 32.9 Å². The number of quaternary nitrogens is 1. The Morgan fingerprint density at radius 3 is 2.28 bits per heavy atom. The summed E-state index contributed by atoms with van der Waals surface area (Å²) in [6.45, 7) is 11.2. The number of primary sulfonamides is 1. The summed E-state index contributed by atoms with van der Waals surface area (Å²) < 4.78 is 28.5. The maximum Gasteiger partial charge on any atom is 0.238 e. The van der Waals surface area contributed by atoms with Crippen LogP contribution < -0.4 is 15.2 Å². The third-order valence-electron chi connectivity index (χ3n) is 4.97. The van der Waals surface area contributed by atoms with Crippen molar-refractivity contribution in [1.82, 2.24) is 0 Å². The predicted molar refractivity (Wildman–Crippen MR) is 114 cm³/mol. The van der Waals surface area contributed by atoms with E-state index in [9.17, 15) is 13.5 Å². The molecule has 0 amide bonds. The summed E-state index contributed by atoms with van der Waals surface area (Å²) in [6.07, 6.45) is -0.622. The van der Waals surface area contributed by atoms with Gasteiger partial charge in [0.25, 0.3) is 0 Å². The number of sulfonamides is 1. The Bertz CT molecular complexity index is 919. The van der Waals surface area contributed by atoms with Crippen LogP contribution in [0.1, 0.15) is 50.4 Å². The molecule has 5 N–H and O–H groups in total. The minimum atomic E-state index is -3.69. The second kappa shape index (κ2) is 9.26. The van der Waals surface area contributed by atoms with Crippen LogP contribution in [0.5, 0.6) is 5.75 Å². The summed E-state index contributed by atoms with van der Waals surface area (Å²) in [5.41, 5.74) is 3.34. The second-order valence-corrected chi connectivity index (χ2v) is 10.1. The normalized spacial score (nSPS) is 14.4. The van der Waals surface area contributed by atoms with Gasteiger partial charge in [0.15, 0.2) is 0 Å². The van der Waals surface area contributed by atoms with E-state index in [0.29, 0.717) is 6.54 Å². The molecule has 2 rings (SSSR count). The number of hydrogen-bond donors (Lipinski definition) is 3. The fraction of sp³-hybridized carbons (Fsp3) is 0.455. The summed E-state index contributed by atoms with van der Waals surface area (Å²) in [5, 5.41) is 17.4. The van der Waals surface area contributed by atoms with Crippen LogP contribution in [-0.2, 0) is 15.4 Å². The van der Waals surface area contributed by atoms with E-state index >= 15 is 0 Å². The van der Waals surface area contributed by atoms with Crippen LogP contribution in [0, 0.1) is 6.92 Å². The SMILES string of the molecule is Cc1cc(C(C)(C)C)ccc1OC[C@H](O)C[NH2+][C@@H](C)c1ccc(S(N)(=O)=O)cc1. The van der Waals surface area contributed by atoms with Crippen LogP contribution in [-0.4, -0.2) is 32.8 Å². The molecule has 0 bridgehead atoms. The van der Waals surface area contributed by atoms with Gasteiger partial charge in [-0.15, -0.1) is 0 Å². The molecule has 2 aromatic carbocycles. The molecule has 160 valence electrons. The fourth-order valence-electron chi connectivity index (χ4n) is 2.99. The highest BCUT2D eigenvalue weighted by atomic mass is 32.2. The molecule has 0 aliphatic carbocycles. The molecule has 7 heteroatoms. The number of aryl methyl sites for hydroxylation is 1. The summed E-state index contributed by atoms with van der Waals surface area (Å²) >= 11 is 0. The molecular formula is C22H33N2O4S+. The molecule has 29 heavy (non-hydrogen) atoms. The zero-order chi connectivity index (χ0) is 21.8. The van der Waals surface area contributed by atoms with Gasteiger partial charge in [-0.2, -0.15) is 0 Å². The molecule has 0 aromatic heterocycles. The summed E-state index contributed by atoms with van der Waals surface area (Å²) in [5.74, 6) is 0.781. The van der Waals surface area contributed by atoms with Gasteiger partial charge in [0.1, 0.15) is 31.0 Å². The Morgan fingerprint density at radius 2 is 1.76 bits per heavy atom. The van der Waals surface area contributed by atoms with Gasteiger partial charge in [-0.3, -0.25) is 0 Å². The number of nitrogens with two attached hydrogens (primary N) is 2. The highest BCUT2D eigenvalue weighted by molar-refractivity contribution is 7.89. The Morgan fingerprint density at radius 1 is 1.14 bits per heavy atom. The monoisotopic (exact) mass is 421 g/mol. The van der Waals surface area contributed by atoms with Gasteiger partial charge in [0, 0.05) is 5.56 Å². The zero-order valence-corrected chi connectivity index (χ0v) is 18.7. The van der Waals surface area contributed by atoms with Gasteiger partial charge in [0.2, 0.25) is 10.0 Å². The third-order valence-corrected chi connectivity index (χ3v) is 5.90. The number of ether oxygens (including phenoxy) is 1. The number of aliphatic hydroxyl groups is 1. The molecule has 0 unspecified atom stereocenters. The van der Waals surface area contributed by atoms with Crippen molar-refractivity contribution in [1.29, 1.82) is 0 Å². The maximum atomic E-state index is 11.3. The van der Waals surface area contributed by atoms with Crippen molar-refractivity contribution in [3.8, 4) is 5.75 Å². The van der Waals surface area contributed by atoms with Crippen LogP contribution in [0.15, 0.2) is 47.4 Å². The van der Waals surface area contributed by atoms with Crippen molar-refractivity contribution in [2.75, 3.05) is 13.2 Å². The Kier molecular flexibility index (Phi) is 7.45. The van der Waals surface area contributed by atoms with Gasteiger partial charge in [-0.1, -0.05) is 45.0 Å². The first-order chi connectivity index (χ1) is 13.4. The minimum absolute atomic E-state index is 0.0620. The van der Waals surface area contributed by atoms with Gasteiger partial charge in [0.05, 0.1) is 4.90 Å². The van der Waals surface area contributed by atoms with E-state index in [1.165, 1.54) is 17.7 Å². The van der Waals surface area contributed by atoms with Crippen molar-refractivity contribution < 1.29 is 23.6 Å². The molecule has 0 heterocycles. The summed E-state index contributed by atoms with van der Waals surface area (Å²) in [4.78, 5) is 0.0923. The summed E-state index contributed by atoms with van der Waals surface area (Å²) in [6, 6.07) is 12.7. The van der Waals surface area contributed by atoms with Crippen molar-refractivity contribution in [2.45, 2.75) is 57.1 Å². The lowest BCUT2D eigenvalue weighted by atomic mass is 9.86. The molecule has 0 fully saturated rings. The van der Waals surface area contributed by atoms with Crippen LogP contribution in [0.2, 0.25) is 0 Å². The lowest BCUT2D eigenvalue weighted by Gasteiger charge is -2.21. The van der Waals surface area contributed by atoms with Gasteiger partial charge in [-0.05, 0) is 48.6 Å². The molecule has 0 aliphatic rings. The predicted octanol–water partition coefficient (Wildman–Crippen LogP) is 2.00. The molecule has 0 radical (unpaired) electrons. The van der Waals surface area contributed by atoms with Gasteiger partial charge < -0.3 is 15.2 Å². The lowest BCUT2D eigenvalue weighted by Crippen LogP contribution is -2.87.